The number of carbonyl (C=O) groups is 1. The van der Waals surface area contributed by atoms with Crippen molar-refractivity contribution in [2.45, 2.75) is 6.42 Å². The lowest BCUT2D eigenvalue weighted by molar-refractivity contribution is -0.136. The highest BCUT2D eigenvalue weighted by molar-refractivity contribution is 7.96. The van der Waals surface area contributed by atoms with Gasteiger partial charge in [0.2, 0.25) is 0 Å². The van der Waals surface area contributed by atoms with Gasteiger partial charge < -0.3 is 5.11 Å². The van der Waals surface area contributed by atoms with E-state index in [1.165, 1.54) is 15.9 Å². The maximum Gasteiger partial charge on any atom is 0.307 e. The van der Waals surface area contributed by atoms with E-state index in [9.17, 15) is 4.79 Å². The highest BCUT2D eigenvalue weighted by atomic mass is 31.2. The third-order valence-corrected chi connectivity index (χ3v) is 9.73. The van der Waals surface area contributed by atoms with Crippen molar-refractivity contribution >= 4 is 41.0 Å². The molecule has 4 aromatic carbocycles. The maximum atomic E-state index is 10.9. The topological polar surface area (TPSA) is 49.7 Å². The van der Waals surface area contributed by atoms with Gasteiger partial charge >= 0.3 is 5.97 Å². The van der Waals surface area contributed by atoms with E-state index in [1.807, 2.05) is 30.5 Å². The first-order valence-electron chi connectivity index (χ1n) is 10.6. The predicted octanol–water partition coefficient (Wildman–Crippen LogP) is 5.01. The summed E-state index contributed by atoms with van der Waals surface area (Å²) in [6.45, 7) is 0. The van der Waals surface area contributed by atoms with Gasteiger partial charge in [-0.25, -0.2) is 0 Å². The van der Waals surface area contributed by atoms with Crippen LogP contribution in [0.15, 0.2) is 120 Å². The number of rotatable bonds is 8. The van der Waals surface area contributed by atoms with E-state index in [1.54, 1.807) is 0 Å². The number of carboxylic acid groups (broad SMARTS) is 1. The fraction of sp³-hybridized carbons (Fsp3) is 0.0714. The molecular weight excluding hydrogens is 413 g/mol. The van der Waals surface area contributed by atoms with Gasteiger partial charge in [-0.05, 0) is 54.1 Å². The number of carboxylic acids is 1. The van der Waals surface area contributed by atoms with E-state index in [0.717, 1.165) is 17.4 Å². The molecule has 4 aromatic rings. The highest BCUT2D eigenvalue weighted by Gasteiger charge is 2.44. The Bertz CT molecular complexity index is 1080. The van der Waals surface area contributed by atoms with Crippen LogP contribution in [0.5, 0.6) is 0 Å². The number of aliphatic carboxylic acids is 1. The molecule has 0 unspecified atom stereocenters. The van der Waals surface area contributed by atoms with Crippen molar-refractivity contribution in [3.05, 3.63) is 121 Å². The van der Waals surface area contributed by atoms with Gasteiger partial charge in [0.05, 0.1) is 12.1 Å². The number of nitrogens with zero attached hydrogens (tertiary/aromatic N) is 1. The molecule has 0 saturated heterocycles. The van der Waals surface area contributed by atoms with E-state index in [4.69, 9.17) is 10.1 Å². The number of aliphatic imine (C=N–C) groups is 1. The minimum absolute atomic E-state index is 0.0225. The Kier molecular flexibility index (Phi) is 6.89. The molecule has 32 heavy (non-hydrogen) atoms. The SMILES string of the molecule is O=C(O)Cc1ccc(N=CC[P+](c2ccccc2)(c2ccccc2)c2ccccc2)cc1. The summed E-state index contributed by atoms with van der Waals surface area (Å²) in [4.78, 5) is 15.7. The van der Waals surface area contributed by atoms with Crippen molar-refractivity contribution < 1.29 is 9.90 Å². The van der Waals surface area contributed by atoms with Gasteiger partial charge in [0, 0.05) is 6.21 Å². The monoisotopic (exact) mass is 438 g/mol. The van der Waals surface area contributed by atoms with E-state index in [2.05, 4.69) is 91.0 Å². The molecule has 1 N–H and O–H groups in total. The molecule has 0 bridgehead atoms. The largest absolute Gasteiger partial charge is 0.481 e. The molecule has 0 atom stereocenters. The molecule has 0 aliphatic rings. The summed E-state index contributed by atoms with van der Waals surface area (Å²) in [6.07, 6.45) is 2.84. The molecule has 0 aliphatic heterocycles. The second-order valence-electron chi connectivity index (χ2n) is 7.55. The normalized spacial score (nSPS) is 11.5. The number of benzene rings is 4. The molecule has 0 heterocycles. The third kappa shape index (κ3) is 4.85. The van der Waals surface area contributed by atoms with Crippen molar-refractivity contribution in [2.24, 2.45) is 4.99 Å². The summed E-state index contributed by atoms with van der Waals surface area (Å²) >= 11 is 0. The fourth-order valence-electron chi connectivity index (χ4n) is 3.95. The standard InChI is InChI=1S/C28H24NO2P/c30-28(31)22-23-16-18-24(19-17-23)29-20-21-32(25-10-4-1-5-11-25,26-12-6-2-7-13-26)27-14-8-3-9-15-27/h1-20H,21-22H2/p+1. The van der Waals surface area contributed by atoms with Crippen molar-refractivity contribution in [1.82, 2.24) is 0 Å². The third-order valence-electron chi connectivity index (χ3n) is 5.48. The first kappa shape index (κ1) is 21.7. The van der Waals surface area contributed by atoms with E-state index in [0.29, 0.717) is 0 Å². The van der Waals surface area contributed by atoms with Crippen LogP contribution in [0.4, 0.5) is 5.69 Å². The minimum Gasteiger partial charge on any atom is -0.481 e. The molecule has 0 aliphatic carbocycles. The number of hydrogen-bond acceptors (Lipinski definition) is 2. The Hall–Kier alpha value is -3.55. The second-order valence-corrected chi connectivity index (χ2v) is 11.1. The summed E-state index contributed by atoms with van der Waals surface area (Å²) in [7, 11) is -1.95. The Morgan fingerprint density at radius 3 is 1.53 bits per heavy atom. The molecule has 0 spiro atoms. The van der Waals surface area contributed by atoms with Crippen LogP contribution in [0.2, 0.25) is 0 Å². The number of hydrogen-bond donors (Lipinski definition) is 1. The van der Waals surface area contributed by atoms with E-state index < -0.39 is 13.2 Å². The predicted molar refractivity (Wildman–Crippen MR) is 136 cm³/mol. The lowest BCUT2D eigenvalue weighted by atomic mass is 10.1. The maximum absolute atomic E-state index is 10.9. The highest BCUT2D eigenvalue weighted by Crippen LogP contribution is 2.54. The van der Waals surface area contributed by atoms with Crippen LogP contribution < -0.4 is 15.9 Å². The van der Waals surface area contributed by atoms with Crippen LogP contribution >= 0.6 is 7.26 Å². The van der Waals surface area contributed by atoms with Crippen LogP contribution in [0, 0.1) is 0 Å². The molecule has 0 radical (unpaired) electrons. The van der Waals surface area contributed by atoms with Crippen LogP contribution in [-0.4, -0.2) is 23.5 Å². The lowest BCUT2D eigenvalue weighted by Crippen LogP contribution is -2.33. The Morgan fingerprint density at radius 1 is 0.688 bits per heavy atom. The fourth-order valence-corrected chi connectivity index (χ4v) is 7.85. The van der Waals surface area contributed by atoms with Gasteiger partial charge in [0.25, 0.3) is 0 Å². The molecule has 3 nitrogen and oxygen atoms in total. The molecule has 4 rings (SSSR count). The summed E-state index contributed by atoms with van der Waals surface area (Å²) in [5.74, 6) is -0.829. The van der Waals surface area contributed by atoms with Gasteiger partial charge in [-0.3, -0.25) is 9.79 Å². The van der Waals surface area contributed by atoms with Crippen molar-refractivity contribution in [2.75, 3.05) is 6.16 Å². The summed E-state index contributed by atoms with van der Waals surface area (Å²) in [5.41, 5.74) is 1.60. The molecular formula is C28H25NO2P+. The van der Waals surface area contributed by atoms with Gasteiger partial charge in [0.1, 0.15) is 29.3 Å². The first-order valence-corrected chi connectivity index (χ1v) is 12.5. The summed E-state index contributed by atoms with van der Waals surface area (Å²) in [6, 6.07) is 39.6. The van der Waals surface area contributed by atoms with Crippen LogP contribution in [-0.2, 0) is 11.2 Å². The lowest BCUT2D eigenvalue weighted by Gasteiger charge is -2.26. The van der Waals surface area contributed by atoms with Gasteiger partial charge in [-0.15, -0.1) is 0 Å². The molecule has 0 saturated carbocycles. The van der Waals surface area contributed by atoms with Gasteiger partial charge in [-0.2, -0.15) is 0 Å². The van der Waals surface area contributed by atoms with Crippen LogP contribution in [0.25, 0.3) is 0 Å². The minimum atomic E-state index is -1.95. The average Bonchev–Trinajstić information content (AvgIpc) is 2.84. The molecule has 0 fully saturated rings. The Balaban J connectivity index is 1.74. The smallest absolute Gasteiger partial charge is 0.307 e. The quantitative estimate of drug-likeness (QED) is 0.311. The molecule has 4 heteroatoms. The Morgan fingerprint density at radius 2 is 1.12 bits per heavy atom. The Labute approximate surface area is 189 Å². The van der Waals surface area contributed by atoms with Gasteiger partial charge in [-0.1, -0.05) is 66.7 Å². The van der Waals surface area contributed by atoms with Crippen molar-refractivity contribution in [1.29, 1.82) is 0 Å². The average molecular weight is 438 g/mol. The van der Waals surface area contributed by atoms with Crippen molar-refractivity contribution in [3.8, 4) is 0 Å². The van der Waals surface area contributed by atoms with Crippen LogP contribution in [0.1, 0.15) is 5.56 Å². The van der Waals surface area contributed by atoms with Crippen LogP contribution in [0.3, 0.4) is 0 Å². The van der Waals surface area contributed by atoms with E-state index in [-0.39, 0.29) is 6.42 Å². The summed E-state index contributed by atoms with van der Waals surface area (Å²) < 4.78 is 0. The summed E-state index contributed by atoms with van der Waals surface area (Å²) in [5, 5.41) is 12.9. The zero-order chi connectivity index (χ0) is 22.2. The zero-order valence-electron chi connectivity index (χ0n) is 17.7. The molecule has 158 valence electrons. The van der Waals surface area contributed by atoms with E-state index >= 15 is 0 Å². The van der Waals surface area contributed by atoms with Gasteiger partial charge in [0.15, 0.2) is 0 Å². The molecule has 0 aromatic heterocycles. The zero-order valence-corrected chi connectivity index (χ0v) is 18.6. The molecule has 0 amide bonds. The van der Waals surface area contributed by atoms with Crippen molar-refractivity contribution in [3.63, 3.8) is 0 Å². The first-order chi connectivity index (χ1) is 15.7. The second kappa shape index (κ2) is 10.2.